The van der Waals surface area contributed by atoms with Crippen LogP contribution in [0, 0.1) is 5.92 Å². The number of carbonyl (C=O) groups excluding carboxylic acids is 2. The van der Waals surface area contributed by atoms with E-state index in [0.29, 0.717) is 9.69 Å². The summed E-state index contributed by atoms with van der Waals surface area (Å²) in [4.78, 5) is 24.4. The third-order valence-electron chi connectivity index (χ3n) is 3.90. The maximum absolute atomic E-state index is 13.1. The number of carbonyl (C=O) groups is 2. The Kier molecular flexibility index (Phi) is 6.20. The van der Waals surface area contributed by atoms with E-state index >= 15 is 0 Å². The molecule has 0 saturated carbocycles. The maximum Gasteiger partial charge on any atom is 0.416 e. The van der Waals surface area contributed by atoms with Gasteiger partial charge in [0.25, 0.3) is 5.91 Å². The fourth-order valence-electron chi connectivity index (χ4n) is 2.38. The number of benzene rings is 1. The summed E-state index contributed by atoms with van der Waals surface area (Å²) in [7, 11) is -10.5. The molecule has 0 atom stereocenters. The summed E-state index contributed by atoms with van der Waals surface area (Å²) in [6.45, 7) is 3.41. The Labute approximate surface area is 181 Å². The Morgan fingerprint density at radius 2 is 1.76 bits per heavy atom. The summed E-state index contributed by atoms with van der Waals surface area (Å²) in [6, 6.07) is -0.712. The molecular formula is C17H17F8N5O2S. The molecule has 1 aromatic carbocycles. The zero-order valence-corrected chi connectivity index (χ0v) is 17.7. The normalized spacial score (nSPS) is 14.9. The topological polar surface area (TPSA) is 94.1 Å². The Morgan fingerprint density at radius 1 is 1.15 bits per heavy atom. The monoisotopic (exact) mass is 507 g/mol. The summed E-state index contributed by atoms with van der Waals surface area (Å²) >= 11 is 0. The van der Waals surface area contributed by atoms with Crippen LogP contribution in [0.4, 0.5) is 32.6 Å². The molecule has 0 radical (unpaired) electrons. The molecule has 1 aromatic heterocycles. The number of aromatic nitrogens is 3. The minimum Gasteiger partial charge on any atom is -0.273 e. The SMILES string of the molecule is CC(C)CC(=O)N(N)C(=O)/C=C\n1cnc(-c2cc(C(F)(F)F)cc(S(F)(F)(F)(F)F)c2)n1. The van der Waals surface area contributed by atoms with Crippen molar-refractivity contribution in [3.05, 3.63) is 36.2 Å². The number of halogens is 8. The molecule has 0 saturated heterocycles. The van der Waals surface area contributed by atoms with E-state index in [1.807, 2.05) is 0 Å². The average Bonchev–Trinajstić information content (AvgIpc) is 3.11. The second kappa shape index (κ2) is 7.79. The Balaban J connectivity index is 2.39. The Bertz CT molecular complexity index is 1110. The molecule has 0 bridgehead atoms. The molecule has 2 rings (SSSR count). The summed E-state index contributed by atoms with van der Waals surface area (Å²) in [5.41, 5.74) is -2.97. The lowest BCUT2D eigenvalue weighted by Crippen LogP contribution is -2.42. The minimum absolute atomic E-state index is 0.0341. The molecule has 184 valence electrons. The van der Waals surface area contributed by atoms with Gasteiger partial charge in [-0.3, -0.25) is 9.59 Å². The predicted molar refractivity (Wildman–Crippen MR) is 103 cm³/mol. The van der Waals surface area contributed by atoms with Gasteiger partial charge < -0.3 is 0 Å². The lowest BCUT2D eigenvalue weighted by atomic mass is 10.1. The third kappa shape index (κ3) is 6.98. The van der Waals surface area contributed by atoms with Crippen LogP contribution in [0.1, 0.15) is 25.8 Å². The first-order chi connectivity index (χ1) is 14.7. The van der Waals surface area contributed by atoms with Gasteiger partial charge in [0.15, 0.2) is 5.82 Å². The lowest BCUT2D eigenvalue weighted by Gasteiger charge is -2.40. The van der Waals surface area contributed by atoms with E-state index in [1.54, 1.807) is 13.8 Å². The van der Waals surface area contributed by atoms with Crippen LogP contribution in [0.15, 0.2) is 35.5 Å². The van der Waals surface area contributed by atoms with Crippen molar-refractivity contribution in [1.82, 2.24) is 19.8 Å². The summed E-state index contributed by atoms with van der Waals surface area (Å²) < 4.78 is 105. The highest BCUT2D eigenvalue weighted by Gasteiger charge is 2.66. The zero-order valence-electron chi connectivity index (χ0n) is 16.9. The Morgan fingerprint density at radius 3 is 2.27 bits per heavy atom. The van der Waals surface area contributed by atoms with E-state index in [0.717, 1.165) is 18.6 Å². The molecule has 0 aliphatic rings. The van der Waals surface area contributed by atoms with Gasteiger partial charge in [0.1, 0.15) is 11.2 Å². The van der Waals surface area contributed by atoms with Gasteiger partial charge >= 0.3 is 16.4 Å². The van der Waals surface area contributed by atoms with Gasteiger partial charge in [0.05, 0.1) is 5.56 Å². The third-order valence-corrected chi connectivity index (χ3v) is 5.03. The largest absolute Gasteiger partial charge is 0.416 e. The van der Waals surface area contributed by atoms with Gasteiger partial charge in [-0.25, -0.2) is 20.5 Å². The van der Waals surface area contributed by atoms with Crippen LogP contribution in [0.5, 0.6) is 0 Å². The number of hydrazine groups is 1. The maximum atomic E-state index is 13.1. The van der Waals surface area contributed by atoms with Crippen LogP contribution in [0.2, 0.25) is 0 Å². The quantitative estimate of drug-likeness (QED) is 0.187. The molecule has 2 N–H and O–H groups in total. The average molecular weight is 507 g/mol. The van der Waals surface area contributed by atoms with Crippen LogP contribution in [-0.2, 0) is 15.8 Å². The predicted octanol–water partition coefficient (Wildman–Crippen LogP) is 5.37. The van der Waals surface area contributed by atoms with Crippen molar-refractivity contribution in [1.29, 1.82) is 0 Å². The summed E-state index contributed by atoms with van der Waals surface area (Å²) in [5, 5.41) is 3.86. The molecule has 16 heteroatoms. The first-order valence-corrected chi connectivity index (χ1v) is 10.8. The van der Waals surface area contributed by atoms with Crippen LogP contribution >= 0.6 is 10.2 Å². The number of rotatable bonds is 6. The van der Waals surface area contributed by atoms with Crippen LogP contribution in [-0.4, -0.2) is 31.6 Å². The van der Waals surface area contributed by atoms with E-state index in [9.17, 15) is 42.2 Å². The lowest BCUT2D eigenvalue weighted by molar-refractivity contribution is -0.143. The van der Waals surface area contributed by atoms with Gasteiger partial charge in [-0.1, -0.05) is 33.3 Å². The van der Waals surface area contributed by atoms with Crippen molar-refractivity contribution in [3.8, 4) is 11.4 Å². The van der Waals surface area contributed by atoms with Gasteiger partial charge in [0.2, 0.25) is 5.91 Å². The zero-order chi connectivity index (χ0) is 25.5. The molecule has 2 aromatic rings. The highest BCUT2D eigenvalue weighted by atomic mass is 32.5. The van der Waals surface area contributed by atoms with E-state index in [2.05, 4.69) is 10.1 Å². The summed E-state index contributed by atoms with van der Waals surface area (Å²) in [5.74, 6) is 2.81. The van der Waals surface area contributed by atoms with Gasteiger partial charge in [-0.05, 0) is 24.1 Å². The number of imide groups is 1. The van der Waals surface area contributed by atoms with Crippen LogP contribution in [0.25, 0.3) is 17.6 Å². The number of hydrogen-bond donors (Lipinski definition) is 1. The molecule has 0 unspecified atom stereocenters. The van der Waals surface area contributed by atoms with Crippen LogP contribution < -0.4 is 5.84 Å². The Hall–Kier alpha value is -3.01. The van der Waals surface area contributed by atoms with Crippen molar-refractivity contribution >= 4 is 28.2 Å². The first-order valence-electron chi connectivity index (χ1n) is 8.85. The molecule has 1 heterocycles. The van der Waals surface area contributed by atoms with Crippen molar-refractivity contribution in [2.24, 2.45) is 11.8 Å². The standard InChI is InChI=1S/C17H17F8N5O2S/c1-10(2)5-15(32)30(26)14(31)3-4-29-9-27-16(28-29)11-6-12(17(18,19)20)8-13(7-11)33(21,22,23,24)25/h3-4,6-10H,5,26H2,1-2H3/b4-3-. The highest BCUT2D eigenvalue weighted by molar-refractivity contribution is 8.45. The van der Waals surface area contributed by atoms with Gasteiger partial charge in [-0.15, -0.1) is 5.10 Å². The second-order valence-corrected chi connectivity index (χ2v) is 9.69. The van der Waals surface area contributed by atoms with E-state index < -0.39 is 56.1 Å². The van der Waals surface area contributed by atoms with E-state index in [1.165, 1.54) is 0 Å². The molecule has 0 aliphatic carbocycles. The van der Waals surface area contributed by atoms with Crippen molar-refractivity contribution in [3.63, 3.8) is 0 Å². The molecule has 33 heavy (non-hydrogen) atoms. The number of alkyl halides is 3. The molecule has 7 nitrogen and oxygen atoms in total. The molecule has 0 fully saturated rings. The smallest absolute Gasteiger partial charge is 0.273 e. The number of amides is 2. The van der Waals surface area contributed by atoms with Crippen LogP contribution in [0.3, 0.4) is 0 Å². The fourth-order valence-corrected chi connectivity index (χ4v) is 3.08. The van der Waals surface area contributed by atoms with Gasteiger partial charge in [0, 0.05) is 24.3 Å². The van der Waals surface area contributed by atoms with Gasteiger partial charge in [-0.2, -0.15) is 13.2 Å². The molecule has 2 amide bonds. The fraction of sp³-hybridized carbons (Fsp3) is 0.294. The number of hydrogen-bond acceptors (Lipinski definition) is 5. The highest BCUT2D eigenvalue weighted by Crippen LogP contribution is 3.02. The van der Waals surface area contributed by atoms with Crippen molar-refractivity contribution < 1.29 is 42.2 Å². The molecular weight excluding hydrogens is 490 g/mol. The summed E-state index contributed by atoms with van der Waals surface area (Å²) in [6.07, 6.45) is -3.01. The minimum atomic E-state index is -10.5. The number of nitrogens with zero attached hydrogens (tertiary/aromatic N) is 4. The van der Waals surface area contributed by atoms with Crippen molar-refractivity contribution in [2.75, 3.05) is 0 Å². The van der Waals surface area contributed by atoms with E-state index in [-0.39, 0.29) is 24.5 Å². The molecule has 0 aliphatic heterocycles. The molecule has 0 spiro atoms. The van der Waals surface area contributed by atoms with Crippen molar-refractivity contribution in [2.45, 2.75) is 31.3 Å². The first kappa shape index (κ1) is 26.2. The second-order valence-electron chi connectivity index (χ2n) is 7.28. The number of nitrogens with two attached hydrogens (primary N) is 1. The van der Waals surface area contributed by atoms with E-state index in [4.69, 9.17) is 5.84 Å².